The molecule has 27 heavy (non-hydrogen) atoms. The summed E-state index contributed by atoms with van der Waals surface area (Å²) in [6.45, 7) is 5.64. The summed E-state index contributed by atoms with van der Waals surface area (Å²) in [6, 6.07) is 6.75. The van der Waals surface area contributed by atoms with Gasteiger partial charge in [0.05, 0.1) is 6.42 Å². The lowest BCUT2D eigenvalue weighted by Gasteiger charge is -2.34. The van der Waals surface area contributed by atoms with Crippen LogP contribution in [0.1, 0.15) is 29.8 Å². The summed E-state index contributed by atoms with van der Waals surface area (Å²) in [5, 5.41) is 7.50. The molecule has 1 aliphatic heterocycles. The number of hydrogen-bond acceptors (Lipinski definition) is 5. The second-order valence-electron chi connectivity index (χ2n) is 7.41. The zero-order valence-electron chi connectivity index (χ0n) is 16.0. The van der Waals surface area contributed by atoms with Gasteiger partial charge in [-0.15, -0.1) is 0 Å². The van der Waals surface area contributed by atoms with Crippen molar-refractivity contribution in [3.05, 3.63) is 47.0 Å². The highest BCUT2D eigenvalue weighted by atomic mass is 19.1. The van der Waals surface area contributed by atoms with E-state index in [4.69, 9.17) is 0 Å². The van der Waals surface area contributed by atoms with E-state index in [1.807, 2.05) is 19.2 Å². The van der Waals surface area contributed by atoms with Crippen molar-refractivity contribution in [2.75, 3.05) is 33.2 Å². The van der Waals surface area contributed by atoms with Gasteiger partial charge in [0.15, 0.2) is 0 Å². The fraction of sp³-hybridized carbons (Fsp3) is 0.550. The minimum absolute atomic E-state index is 0.0486. The molecule has 1 amide bonds. The maximum atomic E-state index is 13.0. The van der Waals surface area contributed by atoms with Gasteiger partial charge >= 0.3 is 0 Å². The molecule has 1 aliphatic rings. The third-order valence-electron chi connectivity index (χ3n) is 5.36. The molecule has 6 nitrogen and oxygen atoms in total. The van der Waals surface area contributed by atoms with Crippen LogP contribution in [-0.4, -0.2) is 59.2 Å². The van der Waals surface area contributed by atoms with E-state index in [0.717, 1.165) is 45.4 Å². The molecule has 2 heterocycles. The van der Waals surface area contributed by atoms with Gasteiger partial charge in [0.2, 0.25) is 5.91 Å². The van der Waals surface area contributed by atoms with Gasteiger partial charge in [-0.2, -0.15) is 0 Å². The Labute approximate surface area is 159 Å². The summed E-state index contributed by atoms with van der Waals surface area (Å²) in [4.78, 5) is 16.6. The molecule has 1 fully saturated rings. The number of carbonyl (C=O) groups is 1. The number of aryl methyl sites for hydroxylation is 1. The first-order valence-corrected chi connectivity index (χ1v) is 9.50. The minimum Gasteiger partial charge on any atom is -0.345 e. The van der Waals surface area contributed by atoms with E-state index < -0.39 is 0 Å². The molecular formula is C20H27FN4O2. The smallest absolute Gasteiger partial charge is 0.228 e. The Bertz CT molecular complexity index is 739. The average Bonchev–Trinajstić information content (AvgIpc) is 3.07. The highest BCUT2D eigenvalue weighted by Crippen LogP contribution is 2.19. The third-order valence-corrected chi connectivity index (χ3v) is 5.36. The second kappa shape index (κ2) is 9.08. The Balaban J connectivity index is 1.37. The van der Waals surface area contributed by atoms with Crippen molar-refractivity contribution >= 4 is 5.91 Å². The van der Waals surface area contributed by atoms with Crippen molar-refractivity contribution in [1.29, 1.82) is 0 Å². The first-order chi connectivity index (χ1) is 13.0. The zero-order valence-corrected chi connectivity index (χ0v) is 16.0. The van der Waals surface area contributed by atoms with Crippen LogP contribution in [0, 0.1) is 18.7 Å². The van der Waals surface area contributed by atoms with E-state index in [2.05, 4.69) is 19.8 Å². The van der Waals surface area contributed by atoms with E-state index in [1.54, 1.807) is 11.8 Å². The maximum absolute atomic E-state index is 13.0. The fourth-order valence-electron chi connectivity index (χ4n) is 3.51. The van der Waals surface area contributed by atoms with Crippen molar-refractivity contribution in [1.82, 2.24) is 20.1 Å². The van der Waals surface area contributed by atoms with Crippen molar-refractivity contribution < 1.29 is 13.8 Å². The monoisotopic (exact) mass is 374 g/mol. The van der Waals surface area contributed by atoms with Gasteiger partial charge in [0, 0.05) is 20.1 Å². The van der Waals surface area contributed by atoms with Gasteiger partial charge in [0.25, 0.3) is 0 Å². The van der Waals surface area contributed by atoms with Gasteiger partial charge in [-0.3, -0.25) is 4.79 Å². The maximum Gasteiger partial charge on any atom is 0.228 e. The summed E-state index contributed by atoms with van der Waals surface area (Å²) < 4.78 is 17.6. The predicted octanol–water partition coefficient (Wildman–Crippen LogP) is 2.47. The minimum atomic E-state index is -0.187. The van der Waals surface area contributed by atoms with E-state index in [-0.39, 0.29) is 18.1 Å². The average molecular weight is 374 g/mol. The standard InChI is InChI=1S/C20H27FN4O2/c1-15-19(23-27-22-15)13-20(26)24(2)14-17-8-11-25(12-9-17)10-7-16-3-5-18(21)6-4-16/h3-6,17H,7-14H2,1-2H3. The molecule has 0 unspecified atom stereocenters. The Kier molecular flexibility index (Phi) is 6.55. The number of nitrogens with zero attached hydrogens (tertiary/aromatic N) is 4. The Morgan fingerprint density at radius 2 is 1.96 bits per heavy atom. The number of amides is 1. The van der Waals surface area contributed by atoms with Crippen LogP contribution in [0.3, 0.4) is 0 Å². The Hall–Kier alpha value is -2.28. The van der Waals surface area contributed by atoms with E-state index in [9.17, 15) is 9.18 Å². The molecule has 1 saturated heterocycles. The number of benzene rings is 1. The van der Waals surface area contributed by atoms with Gasteiger partial charge in [-0.1, -0.05) is 22.4 Å². The van der Waals surface area contributed by atoms with E-state index in [0.29, 0.717) is 17.3 Å². The lowest BCUT2D eigenvalue weighted by atomic mass is 9.96. The number of rotatable bonds is 7. The molecule has 1 aromatic heterocycles. The largest absolute Gasteiger partial charge is 0.345 e. The molecule has 0 bridgehead atoms. The van der Waals surface area contributed by atoms with Crippen molar-refractivity contribution in [3.63, 3.8) is 0 Å². The SMILES string of the molecule is Cc1nonc1CC(=O)N(C)CC1CCN(CCc2ccc(F)cc2)CC1. The van der Waals surface area contributed by atoms with Crippen LogP contribution in [0.4, 0.5) is 4.39 Å². The summed E-state index contributed by atoms with van der Waals surface area (Å²) >= 11 is 0. The highest BCUT2D eigenvalue weighted by Gasteiger charge is 2.23. The quantitative estimate of drug-likeness (QED) is 0.745. The van der Waals surface area contributed by atoms with Gasteiger partial charge in [-0.25, -0.2) is 9.02 Å². The molecule has 0 N–H and O–H groups in total. The van der Waals surface area contributed by atoms with Crippen LogP contribution in [0.5, 0.6) is 0 Å². The molecule has 0 atom stereocenters. The summed E-state index contributed by atoms with van der Waals surface area (Å²) in [5.41, 5.74) is 2.45. The number of aromatic nitrogens is 2. The van der Waals surface area contributed by atoms with Crippen molar-refractivity contribution in [2.45, 2.75) is 32.6 Å². The molecule has 0 saturated carbocycles. The molecule has 1 aromatic carbocycles. The van der Waals surface area contributed by atoms with E-state index in [1.165, 1.54) is 17.7 Å². The fourth-order valence-corrected chi connectivity index (χ4v) is 3.51. The van der Waals surface area contributed by atoms with Crippen LogP contribution in [0.25, 0.3) is 0 Å². The number of likely N-dealkylation sites (N-methyl/N-ethyl adjacent to an activating group) is 1. The molecule has 0 aliphatic carbocycles. The normalized spacial score (nSPS) is 15.8. The molecular weight excluding hydrogens is 347 g/mol. The lowest BCUT2D eigenvalue weighted by molar-refractivity contribution is -0.130. The first kappa shape index (κ1) is 19.5. The van der Waals surface area contributed by atoms with E-state index >= 15 is 0 Å². The number of hydrogen-bond donors (Lipinski definition) is 0. The van der Waals surface area contributed by atoms with Crippen LogP contribution < -0.4 is 0 Å². The number of halogens is 1. The van der Waals surface area contributed by atoms with Crippen LogP contribution >= 0.6 is 0 Å². The topological polar surface area (TPSA) is 62.5 Å². The van der Waals surface area contributed by atoms with Crippen LogP contribution in [0.2, 0.25) is 0 Å². The number of carbonyl (C=O) groups excluding carboxylic acids is 1. The summed E-state index contributed by atoms with van der Waals surface area (Å²) in [6.07, 6.45) is 3.36. The summed E-state index contributed by atoms with van der Waals surface area (Å²) in [5.74, 6) is 0.387. The second-order valence-corrected chi connectivity index (χ2v) is 7.41. The van der Waals surface area contributed by atoms with Crippen LogP contribution in [0.15, 0.2) is 28.9 Å². The van der Waals surface area contributed by atoms with Gasteiger partial charge in [-0.05, 0) is 62.9 Å². The zero-order chi connectivity index (χ0) is 19.2. The first-order valence-electron chi connectivity index (χ1n) is 9.50. The highest BCUT2D eigenvalue weighted by molar-refractivity contribution is 5.78. The molecule has 146 valence electrons. The predicted molar refractivity (Wildman–Crippen MR) is 99.6 cm³/mol. The van der Waals surface area contributed by atoms with Crippen LogP contribution in [-0.2, 0) is 17.6 Å². The Morgan fingerprint density at radius 3 is 2.59 bits per heavy atom. The lowest BCUT2D eigenvalue weighted by Crippen LogP contribution is -2.40. The number of likely N-dealkylation sites (tertiary alicyclic amines) is 1. The summed E-state index contributed by atoms with van der Waals surface area (Å²) in [7, 11) is 1.85. The number of piperidine rings is 1. The van der Waals surface area contributed by atoms with Crippen molar-refractivity contribution in [2.24, 2.45) is 5.92 Å². The molecule has 2 aromatic rings. The Morgan fingerprint density at radius 1 is 1.26 bits per heavy atom. The molecule has 0 spiro atoms. The molecule has 3 rings (SSSR count). The van der Waals surface area contributed by atoms with Gasteiger partial charge < -0.3 is 9.80 Å². The van der Waals surface area contributed by atoms with Gasteiger partial charge in [0.1, 0.15) is 17.2 Å². The van der Waals surface area contributed by atoms with Crippen molar-refractivity contribution in [3.8, 4) is 0 Å². The third kappa shape index (κ3) is 5.60. The molecule has 0 radical (unpaired) electrons. The molecule has 7 heteroatoms.